The van der Waals surface area contributed by atoms with E-state index in [1.165, 1.54) is 22.5 Å². The number of sulfonamides is 1. The van der Waals surface area contributed by atoms with Crippen LogP contribution in [-0.2, 0) is 14.8 Å². The number of carbonyl (C=O) groups excluding carboxylic acids is 1. The van der Waals surface area contributed by atoms with Gasteiger partial charge in [0.25, 0.3) is 10.0 Å². The first-order valence-corrected chi connectivity index (χ1v) is 10.9. The van der Waals surface area contributed by atoms with Crippen LogP contribution in [0, 0.1) is 12.7 Å². The largest absolute Gasteiger partial charge is 0.322 e. The normalized spacial score (nSPS) is 16.4. The number of amides is 1. The van der Waals surface area contributed by atoms with Crippen LogP contribution in [0.3, 0.4) is 0 Å². The van der Waals surface area contributed by atoms with Crippen molar-refractivity contribution >= 4 is 44.6 Å². The third-order valence-corrected chi connectivity index (χ3v) is 7.84. The van der Waals surface area contributed by atoms with Crippen molar-refractivity contribution in [3.05, 3.63) is 46.0 Å². The molecule has 10 heteroatoms. The second kappa shape index (κ2) is 8.24. The van der Waals surface area contributed by atoms with Crippen LogP contribution in [0.1, 0.15) is 5.56 Å². The molecule has 2 aromatic rings. The Hall–Kier alpha value is -1.52. The van der Waals surface area contributed by atoms with Crippen molar-refractivity contribution in [1.82, 2.24) is 9.21 Å². The fourth-order valence-electron chi connectivity index (χ4n) is 2.81. The van der Waals surface area contributed by atoms with E-state index in [0.717, 1.165) is 16.9 Å². The number of anilines is 1. The molecule has 1 aromatic heterocycles. The molecule has 1 aliphatic rings. The quantitative estimate of drug-likeness (QED) is 0.790. The lowest BCUT2D eigenvalue weighted by atomic mass is 10.2. The Morgan fingerprint density at radius 1 is 1.22 bits per heavy atom. The van der Waals surface area contributed by atoms with Gasteiger partial charge in [0.05, 0.1) is 16.6 Å². The summed E-state index contributed by atoms with van der Waals surface area (Å²) in [7, 11) is -3.56. The van der Waals surface area contributed by atoms with E-state index in [1.807, 2.05) is 4.90 Å². The van der Waals surface area contributed by atoms with Crippen LogP contribution in [0.25, 0.3) is 0 Å². The molecule has 1 saturated heterocycles. The lowest BCUT2D eigenvalue weighted by Crippen LogP contribution is -2.50. The molecule has 0 unspecified atom stereocenters. The summed E-state index contributed by atoms with van der Waals surface area (Å²) in [6.07, 6.45) is 0. The lowest BCUT2D eigenvalue weighted by molar-refractivity contribution is -0.117. The first-order valence-electron chi connectivity index (χ1n) is 8.29. The molecule has 1 N–H and O–H groups in total. The zero-order valence-corrected chi connectivity index (χ0v) is 17.0. The Morgan fingerprint density at radius 2 is 1.93 bits per heavy atom. The van der Waals surface area contributed by atoms with Crippen molar-refractivity contribution in [3.8, 4) is 0 Å². The van der Waals surface area contributed by atoms with Crippen molar-refractivity contribution in [2.45, 2.75) is 11.1 Å². The van der Waals surface area contributed by atoms with E-state index in [1.54, 1.807) is 19.1 Å². The van der Waals surface area contributed by atoms with Gasteiger partial charge >= 0.3 is 0 Å². The number of halogens is 2. The van der Waals surface area contributed by atoms with E-state index >= 15 is 0 Å². The third-order valence-electron chi connectivity index (χ3n) is 4.24. The average Bonchev–Trinajstić information content (AvgIpc) is 3.05. The first kappa shape index (κ1) is 20.2. The highest BCUT2D eigenvalue weighted by atomic mass is 35.5. The van der Waals surface area contributed by atoms with Gasteiger partial charge in [0.15, 0.2) is 0 Å². The molecule has 1 amide bonds. The van der Waals surface area contributed by atoms with Gasteiger partial charge in [0.2, 0.25) is 5.91 Å². The third kappa shape index (κ3) is 4.85. The van der Waals surface area contributed by atoms with Crippen molar-refractivity contribution in [3.63, 3.8) is 0 Å². The second-order valence-corrected chi connectivity index (χ2v) is 10.2. The van der Waals surface area contributed by atoms with Crippen molar-refractivity contribution in [2.75, 3.05) is 38.0 Å². The summed E-state index contributed by atoms with van der Waals surface area (Å²) in [6, 6.07) is 7.66. The second-order valence-electron chi connectivity index (χ2n) is 6.27. The van der Waals surface area contributed by atoms with E-state index in [9.17, 15) is 17.6 Å². The highest BCUT2D eigenvalue weighted by Crippen LogP contribution is 2.28. The molecule has 6 nitrogen and oxygen atoms in total. The fourth-order valence-corrected chi connectivity index (χ4v) is 5.87. The number of thiophene rings is 1. The molecule has 146 valence electrons. The van der Waals surface area contributed by atoms with Crippen LogP contribution in [0.5, 0.6) is 0 Å². The molecular formula is C17H19ClFN3O3S2. The topological polar surface area (TPSA) is 69.7 Å². The lowest BCUT2D eigenvalue weighted by Gasteiger charge is -2.33. The molecule has 0 radical (unpaired) electrons. The van der Waals surface area contributed by atoms with Gasteiger partial charge in [-0.05, 0) is 36.8 Å². The summed E-state index contributed by atoms with van der Waals surface area (Å²) < 4.78 is 41.0. The molecule has 0 saturated carbocycles. The molecule has 1 aliphatic heterocycles. The number of hydrogen-bond acceptors (Lipinski definition) is 5. The maximum absolute atomic E-state index is 13.8. The molecule has 0 aliphatic carbocycles. The molecule has 1 fully saturated rings. The van der Waals surface area contributed by atoms with Crippen molar-refractivity contribution in [1.29, 1.82) is 0 Å². The van der Waals surface area contributed by atoms with Crippen molar-refractivity contribution in [2.24, 2.45) is 0 Å². The monoisotopic (exact) mass is 431 g/mol. The van der Waals surface area contributed by atoms with Crippen LogP contribution >= 0.6 is 22.9 Å². The minimum absolute atomic E-state index is 0.0754. The zero-order valence-electron chi connectivity index (χ0n) is 14.6. The summed E-state index contributed by atoms with van der Waals surface area (Å²) in [5.41, 5.74) is 0.913. The SMILES string of the molecule is Cc1ccc(NC(=O)CN2CCN(S(=O)(=O)c3ccc(Cl)s3)CC2)c(F)c1. The van der Waals surface area contributed by atoms with E-state index < -0.39 is 15.8 Å². The number of hydrogen-bond donors (Lipinski definition) is 1. The van der Waals surface area contributed by atoms with E-state index in [4.69, 9.17) is 11.6 Å². The summed E-state index contributed by atoms with van der Waals surface area (Å²) in [6.45, 7) is 3.25. The smallest absolute Gasteiger partial charge is 0.252 e. The molecular weight excluding hydrogens is 413 g/mol. The molecule has 1 aromatic carbocycles. The zero-order chi connectivity index (χ0) is 19.6. The number of rotatable bonds is 5. The first-order chi connectivity index (χ1) is 12.8. The minimum atomic E-state index is -3.56. The Labute approximate surface area is 166 Å². The Morgan fingerprint density at radius 3 is 2.52 bits per heavy atom. The van der Waals surface area contributed by atoms with Crippen LogP contribution in [0.2, 0.25) is 4.34 Å². The molecule has 0 atom stereocenters. The molecule has 27 heavy (non-hydrogen) atoms. The Kier molecular flexibility index (Phi) is 6.17. The standard InChI is InChI=1S/C17H19ClFN3O3S2/c1-12-2-3-14(13(19)10-12)20-16(23)11-21-6-8-22(9-7-21)27(24,25)17-5-4-15(18)26-17/h2-5,10H,6-9,11H2,1H3,(H,20,23). The highest BCUT2D eigenvalue weighted by Gasteiger charge is 2.30. The minimum Gasteiger partial charge on any atom is -0.322 e. The number of nitrogens with zero attached hydrogens (tertiary/aromatic N) is 2. The van der Waals surface area contributed by atoms with E-state index in [-0.39, 0.29) is 35.4 Å². The van der Waals surface area contributed by atoms with Gasteiger partial charge in [0.1, 0.15) is 10.0 Å². The summed E-state index contributed by atoms with van der Waals surface area (Å²) in [4.78, 5) is 14.0. The highest BCUT2D eigenvalue weighted by molar-refractivity contribution is 7.91. The van der Waals surface area contributed by atoms with Crippen LogP contribution in [0.4, 0.5) is 10.1 Å². The van der Waals surface area contributed by atoms with Gasteiger partial charge in [-0.15, -0.1) is 11.3 Å². The van der Waals surface area contributed by atoms with Gasteiger partial charge in [-0.1, -0.05) is 17.7 Å². The number of nitrogens with one attached hydrogen (secondary N) is 1. The molecule has 3 rings (SSSR count). The Bertz CT molecular complexity index is 941. The molecule has 0 spiro atoms. The predicted octanol–water partition coefficient (Wildman–Crippen LogP) is 2.79. The van der Waals surface area contributed by atoms with Crippen LogP contribution in [-0.4, -0.2) is 56.3 Å². The fraction of sp³-hybridized carbons (Fsp3) is 0.353. The van der Waals surface area contributed by atoms with Gasteiger partial charge in [-0.2, -0.15) is 4.31 Å². The van der Waals surface area contributed by atoms with Gasteiger partial charge in [-0.3, -0.25) is 9.69 Å². The van der Waals surface area contributed by atoms with Crippen molar-refractivity contribution < 1.29 is 17.6 Å². The number of aryl methyl sites for hydroxylation is 1. The summed E-state index contributed by atoms with van der Waals surface area (Å²) in [5.74, 6) is -0.812. The summed E-state index contributed by atoms with van der Waals surface area (Å²) in [5, 5.41) is 2.55. The van der Waals surface area contributed by atoms with Crippen LogP contribution in [0.15, 0.2) is 34.5 Å². The number of benzene rings is 1. The maximum Gasteiger partial charge on any atom is 0.252 e. The summed E-state index contributed by atoms with van der Waals surface area (Å²) >= 11 is 6.85. The predicted molar refractivity (Wildman–Crippen MR) is 104 cm³/mol. The number of piperazine rings is 1. The Balaban J connectivity index is 1.54. The van der Waals surface area contributed by atoms with Gasteiger partial charge < -0.3 is 5.32 Å². The molecule has 2 heterocycles. The maximum atomic E-state index is 13.8. The van der Waals surface area contributed by atoms with Crippen LogP contribution < -0.4 is 5.32 Å². The van der Waals surface area contributed by atoms with E-state index in [0.29, 0.717) is 17.4 Å². The van der Waals surface area contributed by atoms with Gasteiger partial charge in [0, 0.05) is 26.2 Å². The molecule has 0 bridgehead atoms. The number of carbonyl (C=O) groups is 1. The van der Waals surface area contributed by atoms with Gasteiger partial charge in [-0.25, -0.2) is 12.8 Å². The average molecular weight is 432 g/mol. The van der Waals surface area contributed by atoms with E-state index in [2.05, 4.69) is 5.32 Å².